The fourth-order valence-electron chi connectivity index (χ4n) is 2.06. The van der Waals surface area contributed by atoms with Crippen LogP contribution in [0, 0.1) is 0 Å². The van der Waals surface area contributed by atoms with Gasteiger partial charge in [0.2, 0.25) is 0 Å². The van der Waals surface area contributed by atoms with Crippen LogP contribution >= 0.6 is 34.8 Å². The Morgan fingerprint density at radius 1 is 1.05 bits per heavy atom. The van der Waals surface area contributed by atoms with Gasteiger partial charge < -0.3 is 12.4 Å². The molecule has 0 N–H and O–H groups in total. The van der Waals surface area contributed by atoms with Gasteiger partial charge in [-0.2, -0.15) is 4.40 Å². The average Bonchev–Trinajstić information content (AvgIpc) is 2.78. The van der Waals surface area contributed by atoms with Crippen molar-refractivity contribution in [3.8, 4) is 0 Å². The van der Waals surface area contributed by atoms with Gasteiger partial charge in [0.25, 0.3) is 5.65 Å². The van der Waals surface area contributed by atoms with Gasteiger partial charge in [-0.1, -0.05) is 29.3 Å². The highest BCUT2D eigenvalue weighted by Gasteiger charge is 2.13. The van der Waals surface area contributed by atoms with Crippen LogP contribution in [0.25, 0.3) is 5.65 Å². The summed E-state index contributed by atoms with van der Waals surface area (Å²) < 4.78 is 4.01. The Bertz CT molecular complexity index is 752. The highest BCUT2D eigenvalue weighted by molar-refractivity contribution is 6.35. The molecule has 0 aliphatic carbocycles. The lowest BCUT2D eigenvalue weighted by molar-refractivity contribution is -0.508. The second-order valence-electron chi connectivity index (χ2n) is 4.24. The molecule has 2 heterocycles. The quantitative estimate of drug-likeness (QED) is 0.487. The highest BCUT2D eigenvalue weighted by atomic mass is 35.5. The minimum atomic E-state index is 0. The molecule has 6 heteroatoms. The van der Waals surface area contributed by atoms with Crippen LogP contribution in [-0.4, -0.2) is 4.57 Å². The van der Waals surface area contributed by atoms with Gasteiger partial charge in [-0.3, -0.25) is 0 Å². The molecule has 104 valence electrons. The summed E-state index contributed by atoms with van der Waals surface area (Å²) in [6.45, 7) is 0.673. The van der Waals surface area contributed by atoms with Crippen LogP contribution in [0.5, 0.6) is 0 Å². The van der Waals surface area contributed by atoms with Crippen molar-refractivity contribution < 1.29 is 16.8 Å². The molecule has 0 aliphatic heterocycles. The van der Waals surface area contributed by atoms with Gasteiger partial charge in [0.15, 0.2) is 5.15 Å². The molecule has 1 aromatic carbocycles. The minimum absolute atomic E-state index is 0. The Labute approximate surface area is 137 Å². The zero-order chi connectivity index (χ0) is 13.4. The maximum absolute atomic E-state index is 6.20. The second-order valence-corrected chi connectivity index (χ2v) is 5.47. The predicted molar refractivity (Wildman–Crippen MR) is 78.2 cm³/mol. The summed E-state index contributed by atoms with van der Waals surface area (Å²) in [5.41, 5.74) is 2.03. The van der Waals surface area contributed by atoms with Crippen molar-refractivity contribution in [1.82, 2.24) is 4.57 Å². The third-order valence-electron chi connectivity index (χ3n) is 3.00. The van der Waals surface area contributed by atoms with Crippen LogP contribution in [0.1, 0.15) is 5.56 Å². The zero-order valence-corrected chi connectivity index (χ0v) is 13.3. The highest BCUT2D eigenvalue weighted by Crippen LogP contribution is 2.22. The van der Waals surface area contributed by atoms with E-state index in [0.717, 1.165) is 11.2 Å². The lowest BCUT2D eigenvalue weighted by Gasteiger charge is -2.02. The van der Waals surface area contributed by atoms with E-state index in [-0.39, 0.29) is 12.4 Å². The van der Waals surface area contributed by atoms with Crippen LogP contribution in [0.2, 0.25) is 15.2 Å². The molecule has 0 radical (unpaired) electrons. The molecule has 0 amide bonds. The molecule has 0 atom stereocenters. The second kappa shape index (κ2) is 6.23. The van der Waals surface area contributed by atoms with Crippen LogP contribution in [0.3, 0.4) is 0 Å². The Hall–Kier alpha value is -0.930. The van der Waals surface area contributed by atoms with E-state index in [2.05, 4.69) is 4.57 Å². The monoisotopic (exact) mass is 346 g/mol. The Kier molecular flexibility index (Phi) is 4.82. The van der Waals surface area contributed by atoms with Crippen molar-refractivity contribution in [2.24, 2.45) is 0 Å². The van der Waals surface area contributed by atoms with E-state index >= 15 is 0 Å². The first kappa shape index (κ1) is 15.5. The zero-order valence-electron chi connectivity index (χ0n) is 10.2. The number of nitrogens with zero attached hydrogens (tertiary/aromatic N) is 2. The first-order chi connectivity index (χ1) is 9.15. The fourth-order valence-corrected chi connectivity index (χ4v) is 2.74. The van der Waals surface area contributed by atoms with E-state index < -0.39 is 0 Å². The lowest BCUT2D eigenvalue weighted by Crippen LogP contribution is -3.00. The summed E-state index contributed by atoms with van der Waals surface area (Å²) in [7, 11) is 0. The lowest BCUT2D eigenvalue weighted by atomic mass is 10.2. The third kappa shape index (κ3) is 2.89. The fraction of sp³-hybridized carbons (Fsp3) is 0.0714. The van der Waals surface area contributed by atoms with Gasteiger partial charge in [0.05, 0.1) is 0 Å². The van der Waals surface area contributed by atoms with Gasteiger partial charge in [0, 0.05) is 21.7 Å². The van der Waals surface area contributed by atoms with Crippen molar-refractivity contribution >= 4 is 40.4 Å². The molecule has 0 saturated carbocycles. The molecular formula is C14H10Cl4N2. The van der Waals surface area contributed by atoms with E-state index in [1.54, 1.807) is 6.07 Å². The Morgan fingerprint density at radius 3 is 2.60 bits per heavy atom. The molecule has 0 fully saturated rings. The van der Waals surface area contributed by atoms with Gasteiger partial charge in [-0.15, -0.1) is 0 Å². The maximum atomic E-state index is 6.20. The normalized spacial score (nSPS) is 10.6. The SMILES string of the molecule is Clc1ccc(Cn2cc[n+]3c(Cl)cccc23)c(Cl)c1.[Cl-]. The largest absolute Gasteiger partial charge is 1.00 e. The molecular weight excluding hydrogens is 338 g/mol. The van der Waals surface area contributed by atoms with Gasteiger partial charge in [-0.25, -0.2) is 4.57 Å². The van der Waals surface area contributed by atoms with Crippen LogP contribution in [0.4, 0.5) is 0 Å². The molecule has 0 aliphatic rings. The van der Waals surface area contributed by atoms with Gasteiger partial charge in [0.1, 0.15) is 18.9 Å². The number of benzene rings is 1. The van der Waals surface area contributed by atoms with E-state index in [1.807, 2.05) is 47.1 Å². The molecule has 3 aromatic rings. The van der Waals surface area contributed by atoms with Gasteiger partial charge in [-0.05, 0) is 35.9 Å². The molecule has 2 nitrogen and oxygen atoms in total. The number of imidazole rings is 1. The van der Waals surface area contributed by atoms with Crippen molar-refractivity contribution in [3.63, 3.8) is 0 Å². The number of rotatable bonds is 2. The summed E-state index contributed by atoms with van der Waals surface area (Å²) in [5, 5.41) is 1.99. The average molecular weight is 348 g/mol. The van der Waals surface area contributed by atoms with E-state index in [9.17, 15) is 0 Å². The first-order valence-corrected chi connectivity index (χ1v) is 6.87. The van der Waals surface area contributed by atoms with E-state index in [0.29, 0.717) is 21.7 Å². The van der Waals surface area contributed by atoms with E-state index in [4.69, 9.17) is 34.8 Å². The Balaban J connectivity index is 0.00000147. The number of hydrogen-bond acceptors (Lipinski definition) is 0. The number of hydrogen-bond donors (Lipinski definition) is 0. The number of pyridine rings is 1. The standard InChI is InChI=1S/C14H10Cl3N2.ClH/c15-11-5-4-10(12(16)8-11)9-18-6-7-19-13(17)2-1-3-14(18)19;/h1-8H,9H2;1H/q+1;/p-1. The maximum Gasteiger partial charge on any atom is 0.287 e. The number of aromatic nitrogens is 2. The van der Waals surface area contributed by atoms with Crippen molar-refractivity contribution in [2.45, 2.75) is 6.54 Å². The van der Waals surface area contributed by atoms with Crippen LogP contribution in [0.15, 0.2) is 48.8 Å². The van der Waals surface area contributed by atoms with Crippen molar-refractivity contribution in [1.29, 1.82) is 0 Å². The summed E-state index contributed by atoms with van der Waals surface area (Å²) in [5.74, 6) is 0. The summed E-state index contributed by atoms with van der Waals surface area (Å²) >= 11 is 18.2. The topological polar surface area (TPSA) is 9.03 Å². The van der Waals surface area contributed by atoms with Gasteiger partial charge >= 0.3 is 0 Å². The number of fused-ring (bicyclic) bond motifs is 1. The van der Waals surface area contributed by atoms with Crippen LogP contribution < -0.4 is 16.8 Å². The van der Waals surface area contributed by atoms with Crippen LogP contribution in [-0.2, 0) is 6.54 Å². The summed E-state index contributed by atoms with van der Waals surface area (Å²) in [4.78, 5) is 0. The smallest absolute Gasteiger partial charge is 0.287 e. The molecule has 2 aromatic heterocycles. The molecule has 0 bridgehead atoms. The molecule has 0 saturated heterocycles. The predicted octanol–water partition coefficient (Wildman–Crippen LogP) is 1.24. The molecule has 0 spiro atoms. The van der Waals surface area contributed by atoms with Crippen molar-refractivity contribution in [3.05, 3.63) is 69.6 Å². The van der Waals surface area contributed by atoms with E-state index in [1.165, 1.54) is 0 Å². The Morgan fingerprint density at radius 2 is 1.85 bits per heavy atom. The minimum Gasteiger partial charge on any atom is -1.00 e. The first-order valence-electron chi connectivity index (χ1n) is 5.74. The summed E-state index contributed by atoms with van der Waals surface area (Å²) in [6.07, 6.45) is 3.91. The molecule has 20 heavy (non-hydrogen) atoms. The molecule has 0 unspecified atom stereocenters. The molecule has 3 rings (SSSR count). The third-order valence-corrected chi connectivity index (χ3v) is 3.90. The van der Waals surface area contributed by atoms with Crippen molar-refractivity contribution in [2.75, 3.05) is 0 Å². The number of halogens is 4. The summed E-state index contributed by atoms with van der Waals surface area (Å²) in [6, 6.07) is 11.3.